The molecule has 2 atom stereocenters. The summed E-state index contributed by atoms with van der Waals surface area (Å²) >= 11 is 0. The lowest BCUT2D eigenvalue weighted by molar-refractivity contribution is 0.191. The molecule has 23 heavy (non-hydrogen) atoms. The van der Waals surface area contributed by atoms with Gasteiger partial charge in [-0.1, -0.05) is 11.2 Å². The second-order valence-corrected chi connectivity index (χ2v) is 5.93. The second-order valence-electron chi connectivity index (χ2n) is 5.93. The Balaban J connectivity index is 1.95. The van der Waals surface area contributed by atoms with Crippen LogP contribution in [-0.2, 0) is 6.42 Å². The van der Waals surface area contributed by atoms with Crippen molar-refractivity contribution in [3.05, 3.63) is 47.1 Å². The summed E-state index contributed by atoms with van der Waals surface area (Å²) in [7, 11) is 1.79. The molecule has 0 aliphatic carbocycles. The van der Waals surface area contributed by atoms with Gasteiger partial charge in [0, 0.05) is 31.0 Å². The Bertz CT molecular complexity index is 634. The third-order valence-corrected chi connectivity index (χ3v) is 4.13. The van der Waals surface area contributed by atoms with Crippen molar-refractivity contribution >= 4 is 6.03 Å². The van der Waals surface area contributed by atoms with E-state index in [0.717, 1.165) is 22.6 Å². The first kappa shape index (κ1) is 17.0. The first-order valence-electron chi connectivity index (χ1n) is 7.75. The molecule has 2 unspecified atom stereocenters. The molecule has 6 nitrogen and oxygen atoms in total. The lowest BCUT2D eigenvalue weighted by atomic mass is 10.1. The average Bonchev–Trinajstić information content (AvgIpc) is 2.86. The van der Waals surface area contributed by atoms with Crippen molar-refractivity contribution in [2.75, 3.05) is 7.05 Å². The Labute approximate surface area is 136 Å². The highest BCUT2D eigenvalue weighted by Crippen LogP contribution is 2.18. The van der Waals surface area contributed by atoms with E-state index in [2.05, 4.69) is 15.5 Å². The summed E-state index contributed by atoms with van der Waals surface area (Å²) in [6.07, 6.45) is 4.20. The van der Waals surface area contributed by atoms with Crippen LogP contribution in [0.3, 0.4) is 0 Å². The van der Waals surface area contributed by atoms with Crippen molar-refractivity contribution in [2.24, 2.45) is 0 Å². The van der Waals surface area contributed by atoms with Crippen molar-refractivity contribution in [1.82, 2.24) is 20.4 Å². The van der Waals surface area contributed by atoms with Crippen LogP contribution in [0.25, 0.3) is 0 Å². The van der Waals surface area contributed by atoms with Gasteiger partial charge in [-0.05, 0) is 45.7 Å². The molecule has 2 heterocycles. The number of carbonyl (C=O) groups is 1. The van der Waals surface area contributed by atoms with E-state index in [4.69, 9.17) is 4.52 Å². The monoisotopic (exact) mass is 316 g/mol. The highest BCUT2D eigenvalue weighted by Gasteiger charge is 2.20. The van der Waals surface area contributed by atoms with Gasteiger partial charge in [0.15, 0.2) is 0 Å². The predicted molar refractivity (Wildman–Crippen MR) is 88.1 cm³/mol. The van der Waals surface area contributed by atoms with Crippen LogP contribution in [0.1, 0.15) is 42.5 Å². The van der Waals surface area contributed by atoms with Crippen molar-refractivity contribution in [3.8, 4) is 0 Å². The molecule has 0 aliphatic heterocycles. The third kappa shape index (κ3) is 4.09. The number of hydrogen-bond donors (Lipinski definition) is 1. The van der Waals surface area contributed by atoms with Crippen LogP contribution >= 0.6 is 0 Å². The van der Waals surface area contributed by atoms with Crippen LogP contribution in [0, 0.1) is 13.8 Å². The Morgan fingerprint density at radius 2 is 2.13 bits per heavy atom. The first-order chi connectivity index (χ1) is 10.9. The van der Waals surface area contributed by atoms with E-state index in [1.54, 1.807) is 24.3 Å². The number of rotatable bonds is 5. The molecule has 2 rings (SSSR count). The molecule has 2 amide bonds. The Morgan fingerprint density at radius 1 is 1.39 bits per heavy atom. The number of pyridine rings is 1. The molecule has 1 N–H and O–H groups in total. The van der Waals surface area contributed by atoms with E-state index in [1.807, 2.05) is 39.8 Å². The summed E-state index contributed by atoms with van der Waals surface area (Å²) < 4.78 is 5.16. The van der Waals surface area contributed by atoms with Crippen molar-refractivity contribution in [3.63, 3.8) is 0 Å². The molecule has 6 heteroatoms. The molecular formula is C17H24N4O2. The van der Waals surface area contributed by atoms with Crippen molar-refractivity contribution in [1.29, 1.82) is 0 Å². The standard InChI is InChI=1S/C17H24N4O2/c1-11(9-16-12(2)20-23-14(16)4)19-17(22)21(5)13(3)15-7-6-8-18-10-15/h6-8,10-11,13H,9H2,1-5H3,(H,19,22). The molecular weight excluding hydrogens is 292 g/mol. The number of aromatic nitrogens is 2. The van der Waals surface area contributed by atoms with E-state index in [-0.39, 0.29) is 18.1 Å². The lowest BCUT2D eigenvalue weighted by Crippen LogP contribution is -2.43. The van der Waals surface area contributed by atoms with E-state index >= 15 is 0 Å². The molecule has 0 aliphatic rings. The average molecular weight is 316 g/mol. The number of aryl methyl sites for hydroxylation is 2. The number of carbonyl (C=O) groups excluding carboxylic acids is 1. The van der Waals surface area contributed by atoms with Crippen LogP contribution < -0.4 is 5.32 Å². The van der Waals surface area contributed by atoms with Crippen LogP contribution in [-0.4, -0.2) is 34.2 Å². The van der Waals surface area contributed by atoms with Crippen LogP contribution in [0.5, 0.6) is 0 Å². The fourth-order valence-electron chi connectivity index (χ4n) is 2.49. The van der Waals surface area contributed by atoms with Crippen molar-refractivity contribution < 1.29 is 9.32 Å². The molecule has 124 valence electrons. The Kier molecular flexibility index (Phi) is 5.36. The fraction of sp³-hybridized carbons (Fsp3) is 0.471. The topological polar surface area (TPSA) is 71.3 Å². The first-order valence-corrected chi connectivity index (χ1v) is 7.75. The summed E-state index contributed by atoms with van der Waals surface area (Å²) in [5.41, 5.74) is 2.94. The second kappa shape index (κ2) is 7.26. The summed E-state index contributed by atoms with van der Waals surface area (Å²) in [5, 5.41) is 6.97. The minimum atomic E-state index is -0.111. The van der Waals surface area contributed by atoms with Gasteiger partial charge in [-0.15, -0.1) is 0 Å². The molecule has 0 aromatic carbocycles. The van der Waals surface area contributed by atoms with Gasteiger partial charge in [-0.2, -0.15) is 0 Å². The minimum Gasteiger partial charge on any atom is -0.361 e. The van der Waals surface area contributed by atoms with E-state index in [1.165, 1.54) is 0 Å². The van der Waals surface area contributed by atoms with E-state index in [0.29, 0.717) is 6.42 Å². The number of nitrogens with zero attached hydrogens (tertiary/aromatic N) is 3. The van der Waals surface area contributed by atoms with Gasteiger partial charge in [0.05, 0.1) is 11.7 Å². The maximum atomic E-state index is 12.4. The third-order valence-electron chi connectivity index (χ3n) is 4.13. The van der Waals surface area contributed by atoms with Gasteiger partial charge in [0.2, 0.25) is 0 Å². The number of nitrogens with one attached hydrogen (secondary N) is 1. The largest absolute Gasteiger partial charge is 0.361 e. The van der Waals surface area contributed by atoms with Crippen molar-refractivity contribution in [2.45, 2.75) is 46.2 Å². The molecule has 2 aromatic heterocycles. The number of urea groups is 1. The molecule has 2 aromatic rings. The molecule has 0 bridgehead atoms. The zero-order valence-corrected chi connectivity index (χ0v) is 14.3. The zero-order valence-electron chi connectivity index (χ0n) is 14.3. The smallest absolute Gasteiger partial charge is 0.317 e. The summed E-state index contributed by atoms with van der Waals surface area (Å²) in [6.45, 7) is 7.76. The van der Waals surface area contributed by atoms with Gasteiger partial charge in [0.1, 0.15) is 5.76 Å². The molecule has 0 spiro atoms. The van der Waals surface area contributed by atoms with Gasteiger partial charge >= 0.3 is 6.03 Å². The maximum Gasteiger partial charge on any atom is 0.317 e. The SMILES string of the molecule is Cc1noc(C)c1CC(C)NC(=O)N(C)C(C)c1cccnc1. The Hall–Kier alpha value is -2.37. The quantitative estimate of drug-likeness (QED) is 0.920. The minimum absolute atomic E-state index is 0.0113. The molecule has 0 radical (unpaired) electrons. The fourth-order valence-corrected chi connectivity index (χ4v) is 2.49. The number of amides is 2. The highest BCUT2D eigenvalue weighted by atomic mass is 16.5. The molecule has 0 saturated carbocycles. The summed E-state index contributed by atoms with van der Waals surface area (Å²) in [5.74, 6) is 0.806. The molecule has 0 fully saturated rings. The van der Waals surface area contributed by atoms with Crippen LogP contribution in [0.2, 0.25) is 0 Å². The van der Waals surface area contributed by atoms with Gasteiger partial charge in [0.25, 0.3) is 0 Å². The normalized spacial score (nSPS) is 13.4. The highest BCUT2D eigenvalue weighted by molar-refractivity contribution is 5.74. The maximum absolute atomic E-state index is 12.4. The van der Waals surface area contributed by atoms with E-state index < -0.39 is 0 Å². The van der Waals surface area contributed by atoms with E-state index in [9.17, 15) is 4.79 Å². The lowest BCUT2D eigenvalue weighted by Gasteiger charge is -2.27. The van der Waals surface area contributed by atoms with Gasteiger partial charge in [-0.3, -0.25) is 4.98 Å². The van der Waals surface area contributed by atoms with Gasteiger partial charge < -0.3 is 14.7 Å². The van der Waals surface area contributed by atoms with Crippen LogP contribution in [0.4, 0.5) is 4.79 Å². The molecule has 0 saturated heterocycles. The predicted octanol–water partition coefficient (Wildman–Crippen LogP) is 3.02. The summed E-state index contributed by atoms with van der Waals surface area (Å²) in [4.78, 5) is 18.2. The van der Waals surface area contributed by atoms with Crippen LogP contribution in [0.15, 0.2) is 29.0 Å². The Morgan fingerprint density at radius 3 is 2.70 bits per heavy atom. The zero-order chi connectivity index (χ0) is 17.0. The van der Waals surface area contributed by atoms with Gasteiger partial charge in [-0.25, -0.2) is 4.79 Å². The number of hydrogen-bond acceptors (Lipinski definition) is 4. The summed E-state index contributed by atoms with van der Waals surface area (Å²) in [6, 6.07) is 3.67.